The van der Waals surface area contributed by atoms with Crippen LogP contribution in [0.3, 0.4) is 0 Å². The first kappa shape index (κ1) is 32.6. The summed E-state index contributed by atoms with van der Waals surface area (Å²) in [6.45, 7) is 14.1. The average Bonchev–Trinajstić information content (AvgIpc) is 3.61. The van der Waals surface area contributed by atoms with E-state index in [9.17, 15) is 0 Å². The van der Waals surface area contributed by atoms with Gasteiger partial charge < -0.3 is 11.1 Å². The first-order chi connectivity index (χ1) is 20.1. The Morgan fingerprint density at radius 2 is 1.98 bits per heavy atom. The normalized spacial score (nSPS) is 15.7. The fourth-order valence-electron chi connectivity index (χ4n) is 4.30. The lowest BCUT2D eigenvalue weighted by Crippen LogP contribution is -2.38. The van der Waals surface area contributed by atoms with Crippen LogP contribution in [0.15, 0.2) is 83.9 Å². The van der Waals surface area contributed by atoms with E-state index < -0.39 is 0 Å². The van der Waals surface area contributed by atoms with Gasteiger partial charge in [0.15, 0.2) is 4.96 Å². The third-order valence-electron chi connectivity index (χ3n) is 5.95. The molecule has 0 bridgehead atoms. The lowest BCUT2D eigenvalue weighted by molar-refractivity contribution is 0.355. The van der Waals surface area contributed by atoms with Gasteiger partial charge in [0, 0.05) is 53.4 Å². The van der Waals surface area contributed by atoms with Gasteiger partial charge in [-0.2, -0.15) is 0 Å². The summed E-state index contributed by atoms with van der Waals surface area (Å²) in [6, 6.07) is 10.2. The lowest BCUT2D eigenvalue weighted by atomic mass is 10.1. The second kappa shape index (κ2) is 17.1. The second-order valence-electron chi connectivity index (χ2n) is 8.54. The van der Waals surface area contributed by atoms with E-state index in [2.05, 4.69) is 37.7 Å². The molecule has 1 unspecified atom stereocenters. The molecule has 0 amide bonds. The fraction of sp³-hybridized carbons (Fsp3) is 0.323. The molecule has 4 aromatic rings. The molecule has 41 heavy (non-hydrogen) atoms. The zero-order valence-electron chi connectivity index (χ0n) is 24.3. The van der Waals surface area contributed by atoms with Crippen molar-refractivity contribution in [1.29, 1.82) is 0 Å². The van der Waals surface area contributed by atoms with E-state index in [1.54, 1.807) is 35.6 Å². The van der Waals surface area contributed by atoms with Crippen LogP contribution in [0.4, 0.5) is 5.95 Å². The number of nitrogens with zero attached hydrogens (tertiary/aromatic N) is 5. The Balaban J connectivity index is 0.00000111. The number of aromatic nitrogens is 4. The number of imidazole rings is 1. The zero-order valence-corrected chi connectivity index (χ0v) is 26.6. The Morgan fingerprint density at radius 1 is 1.20 bits per heavy atom. The van der Waals surface area contributed by atoms with Crippen molar-refractivity contribution < 1.29 is 0 Å². The summed E-state index contributed by atoms with van der Waals surface area (Å²) in [6.07, 6.45) is 13.6. The molecule has 1 aliphatic rings. The van der Waals surface area contributed by atoms with Gasteiger partial charge >= 0.3 is 0 Å². The number of nitrogens with two attached hydrogens (primary N) is 1. The molecule has 1 fully saturated rings. The molecule has 10 heteroatoms. The van der Waals surface area contributed by atoms with Crippen molar-refractivity contribution in [2.24, 2.45) is 5.73 Å². The molecule has 3 aromatic heterocycles. The maximum Gasteiger partial charge on any atom is 0.223 e. The van der Waals surface area contributed by atoms with E-state index in [0.717, 1.165) is 58.6 Å². The molecule has 0 radical (unpaired) electrons. The van der Waals surface area contributed by atoms with E-state index in [0.29, 0.717) is 12.5 Å². The maximum atomic E-state index is 6.04. The number of rotatable bonds is 9. The Kier molecular flexibility index (Phi) is 13.6. The third kappa shape index (κ3) is 8.77. The molecule has 1 saturated heterocycles. The number of halogens is 1. The second-order valence-corrected chi connectivity index (χ2v) is 11.0. The molecule has 0 aliphatic carbocycles. The van der Waals surface area contributed by atoms with Crippen LogP contribution in [0.5, 0.6) is 0 Å². The highest BCUT2D eigenvalue weighted by Crippen LogP contribution is 2.32. The van der Waals surface area contributed by atoms with Gasteiger partial charge in [-0.1, -0.05) is 70.2 Å². The number of hydrogen-bond acceptors (Lipinski definition) is 8. The minimum Gasteiger partial charge on any atom is -0.350 e. The van der Waals surface area contributed by atoms with Crippen molar-refractivity contribution in [3.63, 3.8) is 0 Å². The van der Waals surface area contributed by atoms with Crippen LogP contribution in [-0.2, 0) is 0 Å². The van der Waals surface area contributed by atoms with Gasteiger partial charge in [-0.3, -0.25) is 4.40 Å². The smallest absolute Gasteiger partial charge is 0.223 e. The summed E-state index contributed by atoms with van der Waals surface area (Å²) < 4.78 is 4.46. The van der Waals surface area contributed by atoms with Crippen LogP contribution >= 0.6 is 34.9 Å². The highest BCUT2D eigenvalue weighted by Gasteiger charge is 2.23. The average molecular weight is 610 g/mol. The van der Waals surface area contributed by atoms with Crippen molar-refractivity contribution in [2.45, 2.75) is 51.5 Å². The lowest BCUT2D eigenvalue weighted by Gasteiger charge is -2.32. The summed E-state index contributed by atoms with van der Waals surface area (Å²) in [4.78, 5) is 16.4. The third-order valence-corrected chi connectivity index (χ3v) is 8.03. The van der Waals surface area contributed by atoms with Gasteiger partial charge in [0.25, 0.3) is 0 Å². The number of benzene rings is 1. The summed E-state index contributed by atoms with van der Waals surface area (Å²) in [5, 5.41) is 6.35. The number of fused-ring (bicyclic) bond motifs is 1. The first-order valence-corrected chi connectivity index (χ1v) is 16.1. The van der Waals surface area contributed by atoms with Crippen LogP contribution < -0.4 is 11.1 Å². The number of thiazole rings is 1. The van der Waals surface area contributed by atoms with Crippen LogP contribution in [0, 0.1) is 0 Å². The molecular formula is C31H40ClN7S2. The standard InChI is InChI=1S/C27H28ClN7S2.2C2H6/c1-2-3-5-19(11-13-29)24-25(35-16-17-36-27(35)33-24)23-12-14-30-26(32-23)31-21-6-4-15-34(18-21)37-22-9-7-20(28)8-10-22;2*1-2/h2-3,5,7-12,14,16-17,21H,1,4,6,13,15,18,29H2,(H,30,31,32);2*1-2H3/b5-3-,19-11+;;. The molecule has 7 nitrogen and oxygen atoms in total. The predicted octanol–water partition coefficient (Wildman–Crippen LogP) is 8.23. The maximum absolute atomic E-state index is 6.04. The van der Waals surface area contributed by atoms with E-state index >= 15 is 0 Å². The van der Waals surface area contributed by atoms with Crippen molar-refractivity contribution in [2.75, 3.05) is 25.0 Å². The highest BCUT2D eigenvalue weighted by atomic mass is 35.5. The molecule has 0 saturated carbocycles. The molecule has 1 atom stereocenters. The molecule has 5 rings (SSSR count). The van der Waals surface area contributed by atoms with E-state index in [-0.39, 0.29) is 6.04 Å². The number of piperidine rings is 1. The van der Waals surface area contributed by atoms with Gasteiger partial charge in [-0.15, -0.1) is 11.3 Å². The summed E-state index contributed by atoms with van der Waals surface area (Å²) in [5.41, 5.74) is 9.36. The number of anilines is 1. The Bertz CT molecular complexity index is 1430. The molecule has 4 heterocycles. The van der Waals surface area contributed by atoms with Crippen LogP contribution in [0.1, 0.15) is 46.2 Å². The minimum atomic E-state index is 0.248. The summed E-state index contributed by atoms with van der Waals surface area (Å²) in [7, 11) is 0. The van der Waals surface area contributed by atoms with Crippen molar-refractivity contribution in [3.05, 3.63) is 89.7 Å². The van der Waals surface area contributed by atoms with E-state index in [1.165, 1.54) is 4.90 Å². The van der Waals surface area contributed by atoms with Crippen LogP contribution in [0.25, 0.3) is 21.9 Å². The Hall–Kier alpha value is -2.95. The Labute approximate surface area is 257 Å². The van der Waals surface area contributed by atoms with Gasteiger partial charge in [-0.05, 0) is 60.7 Å². The van der Waals surface area contributed by atoms with Crippen molar-refractivity contribution in [1.82, 2.24) is 23.7 Å². The fourth-order valence-corrected chi connectivity index (χ4v) is 6.18. The van der Waals surface area contributed by atoms with E-state index in [4.69, 9.17) is 27.3 Å². The van der Waals surface area contributed by atoms with Gasteiger partial charge in [0.05, 0.1) is 11.4 Å². The first-order valence-electron chi connectivity index (χ1n) is 14.1. The summed E-state index contributed by atoms with van der Waals surface area (Å²) >= 11 is 9.39. The molecule has 3 N–H and O–H groups in total. The highest BCUT2D eigenvalue weighted by molar-refractivity contribution is 7.97. The van der Waals surface area contributed by atoms with E-state index in [1.807, 2.05) is 75.7 Å². The number of hydrogen-bond donors (Lipinski definition) is 2. The topological polar surface area (TPSA) is 84.4 Å². The Morgan fingerprint density at radius 3 is 2.71 bits per heavy atom. The zero-order chi connectivity index (χ0) is 29.6. The molecule has 1 aliphatic heterocycles. The molecule has 1 aromatic carbocycles. The molecular weight excluding hydrogens is 570 g/mol. The number of nitrogens with one attached hydrogen (secondary N) is 1. The number of allylic oxidation sites excluding steroid dienone is 4. The predicted molar refractivity (Wildman–Crippen MR) is 179 cm³/mol. The largest absolute Gasteiger partial charge is 0.350 e. The van der Waals surface area contributed by atoms with Gasteiger partial charge in [0.2, 0.25) is 5.95 Å². The van der Waals surface area contributed by atoms with Gasteiger partial charge in [-0.25, -0.2) is 19.3 Å². The quantitative estimate of drug-likeness (QED) is 0.146. The molecule has 0 spiro atoms. The molecule has 218 valence electrons. The van der Waals surface area contributed by atoms with Crippen molar-refractivity contribution in [3.8, 4) is 11.4 Å². The van der Waals surface area contributed by atoms with Crippen LogP contribution in [0.2, 0.25) is 5.02 Å². The van der Waals surface area contributed by atoms with Crippen LogP contribution in [-0.4, -0.2) is 49.3 Å². The minimum absolute atomic E-state index is 0.248. The SMILES string of the molecule is C=C/C=C\C(=C/CN)c1nc2sccn2c1-c1ccnc(NC2CCCN(Sc3ccc(Cl)cc3)C2)n1.CC.CC. The van der Waals surface area contributed by atoms with Gasteiger partial charge in [0.1, 0.15) is 5.69 Å². The van der Waals surface area contributed by atoms with Crippen molar-refractivity contribution >= 4 is 51.4 Å². The summed E-state index contributed by atoms with van der Waals surface area (Å²) in [5.74, 6) is 0.614. The monoisotopic (exact) mass is 609 g/mol.